The van der Waals surface area contributed by atoms with Gasteiger partial charge in [-0.25, -0.2) is 4.98 Å². The van der Waals surface area contributed by atoms with E-state index in [-0.39, 0.29) is 11.9 Å². The third kappa shape index (κ3) is 3.32. The first-order valence-corrected chi connectivity index (χ1v) is 5.19. The average molecular weight is 239 g/mol. The molecule has 1 aromatic rings. The van der Waals surface area contributed by atoms with E-state index in [1.807, 2.05) is 13.8 Å². The lowest BCUT2D eigenvalue weighted by molar-refractivity contribution is 0.0887. The van der Waals surface area contributed by atoms with E-state index in [9.17, 15) is 0 Å². The summed E-state index contributed by atoms with van der Waals surface area (Å²) in [5, 5.41) is 11.7. The Kier molecular flexibility index (Phi) is 4.71. The second kappa shape index (κ2) is 6.05. The van der Waals surface area contributed by atoms with Crippen LogP contribution in [-0.4, -0.2) is 35.8 Å². The topological polar surface area (TPSA) is 90.0 Å². The zero-order chi connectivity index (χ0) is 12.8. The molecule has 0 radical (unpaired) electrons. The van der Waals surface area contributed by atoms with Crippen molar-refractivity contribution < 1.29 is 14.7 Å². The van der Waals surface area contributed by atoms with Crippen LogP contribution in [0.3, 0.4) is 0 Å². The normalized spacial score (nSPS) is 13.5. The number of oxime groups is 1. The largest absolute Gasteiger partial charge is 0.472 e. The summed E-state index contributed by atoms with van der Waals surface area (Å²) in [5.74, 6) is 0.320. The van der Waals surface area contributed by atoms with E-state index in [2.05, 4.69) is 10.1 Å². The van der Waals surface area contributed by atoms with Gasteiger partial charge < -0.3 is 20.4 Å². The summed E-state index contributed by atoms with van der Waals surface area (Å²) in [6, 6.07) is 1.77. The van der Waals surface area contributed by atoms with Crippen molar-refractivity contribution in [1.82, 2.24) is 4.98 Å². The minimum Gasteiger partial charge on any atom is -0.472 e. The summed E-state index contributed by atoms with van der Waals surface area (Å²) in [4.78, 5) is 4.08. The Hall–Kier alpha value is -1.82. The van der Waals surface area contributed by atoms with Crippen LogP contribution in [0.15, 0.2) is 17.4 Å². The SMILES string of the molecule is COCC(C)Oc1nccc(C)c1/C(N)=N/O. The number of nitrogens with two attached hydrogens (primary N) is 1. The molecule has 1 atom stereocenters. The van der Waals surface area contributed by atoms with Crippen LogP contribution in [0.5, 0.6) is 5.88 Å². The van der Waals surface area contributed by atoms with Crippen molar-refractivity contribution in [3.8, 4) is 5.88 Å². The minimum absolute atomic E-state index is 0.0183. The molecule has 1 rings (SSSR count). The van der Waals surface area contributed by atoms with E-state index in [0.29, 0.717) is 18.1 Å². The lowest BCUT2D eigenvalue weighted by Crippen LogP contribution is -2.23. The maximum absolute atomic E-state index is 8.73. The molecular weight excluding hydrogens is 222 g/mol. The van der Waals surface area contributed by atoms with E-state index in [0.717, 1.165) is 5.56 Å². The molecule has 0 saturated carbocycles. The Morgan fingerprint density at radius 2 is 2.35 bits per heavy atom. The number of amidine groups is 1. The molecule has 1 unspecified atom stereocenters. The van der Waals surface area contributed by atoms with E-state index in [1.165, 1.54) is 0 Å². The second-order valence-corrected chi connectivity index (χ2v) is 3.68. The minimum atomic E-state index is -0.167. The van der Waals surface area contributed by atoms with Crippen LogP contribution in [0.25, 0.3) is 0 Å². The third-order valence-electron chi connectivity index (χ3n) is 2.20. The van der Waals surface area contributed by atoms with Gasteiger partial charge >= 0.3 is 0 Å². The maximum Gasteiger partial charge on any atom is 0.225 e. The zero-order valence-electron chi connectivity index (χ0n) is 10.2. The molecule has 6 nitrogen and oxygen atoms in total. The Bertz CT molecular complexity index is 407. The van der Waals surface area contributed by atoms with Gasteiger partial charge in [-0.1, -0.05) is 5.16 Å². The van der Waals surface area contributed by atoms with Crippen molar-refractivity contribution in [3.05, 3.63) is 23.4 Å². The number of hydrogen-bond acceptors (Lipinski definition) is 5. The van der Waals surface area contributed by atoms with Crippen LogP contribution in [0, 0.1) is 6.92 Å². The van der Waals surface area contributed by atoms with Crippen molar-refractivity contribution in [3.63, 3.8) is 0 Å². The van der Waals surface area contributed by atoms with Gasteiger partial charge in [0.2, 0.25) is 5.88 Å². The van der Waals surface area contributed by atoms with Gasteiger partial charge in [-0.05, 0) is 25.5 Å². The molecule has 0 aliphatic heterocycles. The van der Waals surface area contributed by atoms with Gasteiger partial charge in [-0.3, -0.25) is 0 Å². The van der Waals surface area contributed by atoms with Crippen LogP contribution in [0.1, 0.15) is 18.1 Å². The van der Waals surface area contributed by atoms with Crippen LogP contribution in [-0.2, 0) is 4.74 Å². The van der Waals surface area contributed by atoms with E-state index >= 15 is 0 Å². The Balaban J connectivity index is 3.03. The lowest BCUT2D eigenvalue weighted by atomic mass is 10.1. The fraction of sp³-hybridized carbons (Fsp3) is 0.455. The molecule has 0 spiro atoms. The monoisotopic (exact) mass is 239 g/mol. The predicted molar refractivity (Wildman–Crippen MR) is 63.5 cm³/mol. The van der Waals surface area contributed by atoms with Crippen molar-refractivity contribution in [2.45, 2.75) is 20.0 Å². The number of aryl methyl sites for hydroxylation is 1. The number of aromatic nitrogens is 1. The summed E-state index contributed by atoms with van der Waals surface area (Å²) in [7, 11) is 1.59. The quantitative estimate of drug-likeness (QED) is 0.345. The molecule has 0 amide bonds. The van der Waals surface area contributed by atoms with Crippen molar-refractivity contribution in [1.29, 1.82) is 0 Å². The number of pyridine rings is 1. The summed E-state index contributed by atoms with van der Waals surface area (Å²) >= 11 is 0. The fourth-order valence-corrected chi connectivity index (χ4v) is 1.44. The predicted octanol–water partition coefficient (Wildman–Crippen LogP) is 0.898. The molecule has 6 heteroatoms. The zero-order valence-corrected chi connectivity index (χ0v) is 10.2. The molecule has 0 aromatic carbocycles. The van der Waals surface area contributed by atoms with E-state index < -0.39 is 0 Å². The maximum atomic E-state index is 8.73. The number of hydrogen-bond donors (Lipinski definition) is 2. The van der Waals surface area contributed by atoms with Crippen molar-refractivity contribution in [2.75, 3.05) is 13.7 Å². The van der Waals surface area contributed by atoms with Crippen LogP contribution >= 0.6 is 0 Å². The second-order valence-electron chi connectivity index (χ2n) is 3.68. The number of methoxy groups -OCH3 is 1. The molecule has 1 aromatic heterocycles. The van der Waals surface area contributed by atoms with E-state index in [1.54, 1.807) is 19.4 Å². The molecule has 0 bridgehead atoms. The van der Waals surface area contributed by atoms with Crippen molar-refractivity contribution in [2.24, 2.45) is 10.9 Å². The summed E-state index contributed by atoms with van der Waals surface area (Å²) in [6.07, 6.45) is 1.44. The molecule has 94 valence electrons. The van der Waals surface area contributed by atoms with Gasteiger partial charge in [0.1, 0.15) is 6.10 Å². The molecule has 0 saturated heterocycles. The standard InChI is InChI=1S/C11H17N3O3/c1-7-4-5-13-11(9(7)10(12)14-15)17-8(2)6-16-3/h4-5,8,15H,6H2,1-3H3,(H2,12,14). The highest BCUT2D eigenvalue weighted by Crippen LogP contribution is 2.19. The average Bonchev–Trinajstić information content (AvgIpc) is 2.28. The van der Waals surface area contributed by atoms with Gasteiger partial charge in [0, 0.05) is 13.3 Å². The molecular formula is C11H17N3O3. The third-order valence-corrected chi connectivity index (χ3v) is 2.20. The molecule has 17 heavy (non-hydrogen) atoms. The van der Waals surface area contributed by atoms with Gasteiger partial charge in [0.05, 0.1) is 12.2 Å². The molecule has 0 aliphatic carbocycles. The first-order valence-electron chi connectivity index (χ1n) is 5.19. The number of rotatable bonds is 5. The van der Waals surface area contributed by atoms with Gasteiger partial charge in [0.25, 0.3) is 0 Å². The van der Waals surface area contributed by atoms with Gasteiger partial charge in [-0.2, -0.15) is 0 Å². The highest BCUT2D eigenvalue weighted by molar-refractivity contribution is 6.00. The highest BCUT2D eigenvalue weighted by atomic mass is 16.5. The molecule has 0 fully saturated rings. The Morgan fingerprint density at radius 1 is 1.65 bits per heavy atom. The molecule has 3 N–H and O–H groups in total. The lowest BCUT2D eigenvalue weighted by Gasteiger charge is -2.16. The molecule has 1 heterocycles. The highest BCUT2D eigenvalue weighted by Gasteiger charge is 2.15. The van der Waals surface area contributed by atoms with Crippen molar-refractivity contribution >= 4 is 5.84 Å². The first kappa shape index (κ1) is 13.2. The first-order chi connectivity index (χ1) is 8.10. The summed E-state index contributed by atoms with van der Waals surface area (Å²) in [5.41, 5.74) is 6.92. The fourth-order valence-electron chi connectivity index (χ4n) is 1.44. The molecule has 0 aliphatic rings. The Morgan fingerprint density at radius 3 is 2.94 bits per heavy atom. The van der Waals surface area contributed by atoms with Crippen LogP contribution in [0.2, 0.25) is 0 Å². The summed E-state index contributed by atoms with van der Waals surface area (Å²) in [6.45, 7) is 4.12. The van der Waals surface area contributed by atoms with E-state index in [4.69, 9.17) is 20.4 Å². The smallest absolute Gasteiger partial charge is 0.225 e. The number of ether oxygens (including phenoxy) is 2. The van der Waals surface area contributed by atoms with Crippen LogP contribution < -0.4 is 10.5 Å². The van der Waals surface area contributed by atoms with Gasteiger partial charge in [-0.15, -0.1) is 0 Å². The van der Waals surface area contributed by atoms with Gasteiger partial charge in [0.15, 0.2) is 5.84 Å². The number of nitrogens with zero attached hydrogens (tertiary/aromatic N) is 2. The summed E-state index contributed by atoms with van der Waals surface area (Å²) < 4.78 is 10.6. The Labute approximate surface area is 100 Å². The van der Waals surface area contributed by atoms with Crippen LogP contribution in [0.4, 0.5) is 0 Å².